The van der Waals surface area contributed by atoms with Crippen LogP contribution in [0.5, 0.6) is 0 Å². The highest BCUT2D eigenvalue weighted by Gasteiger charge is 2.25. The molecule has 7 heteroatoms. The molecular formula is C20H27N5O2. The minimum atomic E-state index is 0.0562. The van der Waals surface area contributed by atoms with Gasteiger partial charge in [0.2, 0.25) is 0 Å². The van der Waals surface area contributed by atoms with Crippen LogP contribution in [0.4, 0.5) is 11.6 Å². The molecule has 27 heavy (non-hydrogen) atoms. The molecule has 2 fully saturated rings. The van der Waals surface area contributed by atoms with Crippen LogP contribution in [0.25, 0.3) is 0 Å². The van der Waals surface area contributed by atoms with Gasteiger partial charge in [-0.2, -0.15) is 0 Å². The third-order valence-corrected chi connectivity index (χ3v) is 5.48. The first kappa shape index (κ1) is 17.8. The Kier molecular flexibility index (Phi) is 5.01. The van der Waals surface area contributed by atoms with Crippen molar-refractivity contribution >= 4 is 17.5 Å². The number of rotatable bonds is 3. The lowest BCUT2D eigenvalue weighted by atomic mass is 10.1. The molecule has 1 amide bonds. The number of furan rings is 1. The first-order valence-corrected chi connectivity index (χ1v) is 9.80. The number of carbonyl (C=O) groups excluding carboxylic acids is 1. The summed E-state index contributed by atoms with van der Waals surface area (Å²) < 4.78 is 5.51. The van der Waals surface area contributed by atoms with Gasteiger partial charge in [-0.05, 0) is 39.2 Å². The second-order valence-electron chi connectivity index (χ2n) is 7.39. The van der Waals surface area contributed by atoms with Crippen molar-refractivity contribution in [1.29, 1.82) is 0 Å². The summed E-state index contributed by atoms with van der Waals surface area (Å²) in [5, 5.41) is 0. The quantitative estimate of drug-likeness (QED) is 0.829. The van der Waals surface area contributed by atoms with E-state index in [9.17, 15) is 4.79 Å². The second kappa shape index (κ2) is 7.58. The molecule has 0 aromatic carbocycles. The fourth-order valence-electron chi connectivity index (χ4n) is 3.96. The highest BCUT2D eigenvalue weighted by molar-refractivity contribution is 5.95. The summed E-state index contributed by atoms with van der Waals surface area (Å²) in [7, 11) is 0. The average Bonchev–Trinajstić information content (AvgIpc) is 3.06. The number of aromatic nitrogens is 2. The number of amides is 1. The molecule has 2 aromatic heterocycles. The maximum absolute atomic E-state index is 12.8. The summed E-state index contributed by atoms with van der Waals surface area (Å²) in [5.74, 6) is 3.50. The number of nitrogens with zero attached hydrogens (tertiary/aromatic N) is 5. The minimum Gasteiger partial charge on any atom is -0.466 e. The Labute approximate surface area is 160 Å². The number of hydrogen-bond donors (Lipinski definition) is 0. The van der Waals surface area contributed by atoms with Crippen LogP contribution >= 0.6 is 0 Å². The molecule has 0 bridgehead atoms. The van der Waals surface area contributed by atoms with Gasteiger partial charge in [-0.25, -0.2) is 9.97 Å². The molecule has 0 spiro atoms. The molecule has 0 saturated carbocycles. The number of anilines is 2. The van der Waals surface area contributed by atoms with Gasteiger partial charge in [0.25, 0.3) is 5.91 Å². The Morgan fingerprint density at radius 3 is 2.11 bits per heavy atom. The van der Waals surface area contributed by atoms with Gasteiger partial charge >= 0.3 is 0 Å². The van der Waals surface area contributed by atoms with Crippen LogP contribution in [0.3, 0.4) is 0 Å². The molecule has 0 radical (unpaired) electrons. The number of hydrogen-bond acceptors (Lipinski definition) is 6. The van der Waals surface area contributed by atoms with Gasteiger partial charge in [-0.15, -0.1) is 0 Å². The zero-order valence-corrected chi connectivity index (χ0v) is 16.1. The lowest BCUT2D eigenvalue weighted by Crippen LogP contribution is -2.49. The SMILES string of the molecule is Cc1cc(C(=O)N2CCN(c3cc(N4CCCCC4)ncn3)CC2)c(C)o1. The van der Waals surface area contributed by atoms with Gasteiger partial charge in [-0.1, -0.05) is 0 Å². The molecule has 2 aliphatic rings. The van der Waals surface area contributed by atoms with Gasteiger partial charge in [0.1, 0.15) is 29.5 Å². The minimum absolute atomic E-state index is 0.0562. The van der Waals surface area contributed by atoms with E-state index in [0.717, 1.165) is 43.6 Å². The predicted molar refractivity (Wildman–Crippen MR) is 104 cm³/mol. The second-order valence-corrected chi connectivity index (χ2v) is 7.39. The van der Waals surface area contributed by atoms with Crippen molar-refractivity contribution in [3.63, 3.8) is 0 Å². The lowest BCUT2D eigenvalue weighted by molar-refractivity contribution is 0.0744. The van der Waals surface area contributed by atoms with Crippen molar-refractivity contribution in [2.45, 2.75) is 33.1 Å². The first-order valence-electron chi connectivity index (χ1n) is 9.80. The summed E-state index contributed by atoms with van der Waals surface area (Å²) >= 11 is 0. The Morgan fingerprint density at radius 1 is 0.889 bits per heavy atom. The molecule has 4 heterocycles. The lowest BCUT2D eigenvalue weighted by Gasteiger charge is -2.36. The monoisotopic (exact) mass is 369 g/mol. The van der Waals surface area contributed by atoms with Crippen molar-refractivity contribution in [3.05, 3.63) is 35.5 Å². The molecule has 2 saturated heterocycles. The zero-order chi connectivity index (χ0) is 18.8. The van der Waals surface area contributed by atoms with E-state index in [0.29, 0.717) is 24.4 Å². The van der Waals surface area contributed by atoms with E-state index in [4.69, 9.17) is 4.42 Å². The maximum atomic E-state index is 12.8. The molecule has 4 rings (SSSR count). The molecule has 0 unspecified atom stereocenters. The predicted octanol–water partition coefficient (Wildman–Crippen LogP) is 2.64. The van der Waals surface area contributed by atoms with E-state index >= 15 is 0 Å². The summed E-state index contributed by atoms with van der Waals surface area (Å²) in [6.45, 7) is 8.79. The summed E-state index contributed by atoms with van der Waals surface area (Å²) in [4.78, 5) is 28.2. The number of carbonyl (C=O) groups is 1. The zero-order valence-electron chi connectivity index (χ0n) is 16.1. The van der Waals surface area contributed by atoms with E-state index < -0.39 is 0 Å². The molecule has 144 valence electrons. The topological polar surface area (TPSA) is 65.7 Å². The molecule has 2 aliphatic heterocycles. The molecule has 7 nitrogen and oxygen atoms in total. The van der Waals surface area contributed by atoms with Crippen LogP contribution in [0.15, 0.2) is 22.9 Å². The van der Waals surface area contributed by atoms with Crippen LogP contribution < -0.4 is 9.80 Å². The molecule has 2 aromatic rings. The van der Waals surface area contributed by atoms with Gasteiger partial charge in [0.05, 0.1) is 5.56 Å². The standard InChI is InChI=1S/C20H27N5O2/c1-15-12-17(16(2)27-15)20(26)25-10-8-24(9-11-25)19-13-18(21-14-22-19)23-6-4-3-5-7-23/h12-14H,3-11H2,1-2H3. The van der Waals surface area contributed by atoms with Crippen molar-refractivity contribution < 1.29 is 9.21 Å². The third-order valence-electron chi connectivity index (χ3n) is 5.48. The molecule has 0 atom stereocenters. The number of aryl methyl sites for hydroxylation is 2. The normalized spacial score (nSPS) is 18.1. The highest BCUT2D eigenvalue weighted by Crippen LogP contribution is 2.23. The van der Waals surface area contributed by atoms with E-state index in [1.807, 2.05) is 24.8 Å². The molecule has 0 aliphatic carbocycles. The maximum Gasteiger partial charge on any atom is 0.257 e. The smallest absolute Gasteiger partial charge is 0.257 e. The van der Waals surface area contributed by atoms with E-state index in [2.05, 4.69) is 25.8 Å². The Bertz CT molecular complexity index is 804. The Balaban J connectivity index is 1.40. The number of piperidine rings is 1. The van der Waals surface area contributed by atoms with Crippen molar-refractivity contribution in [2.75, 3.05) is 49.1 Å². The van der Waals surface area contributed by atoms with Gasteiger partial charge in [0.15, 0.2) is 0 Å². The van der Waals surface area contributed by atoms with Gasteiger partial charge in [0, 0.05) is 45.3 Å². The summed E-state index contributed by atoms with van der Waals surface area (Å²) in [6.07, 6.45) is 5.43. The van der Waals surface area contributed by atoms with Crippen molar-refractivity contribution in [3.8, 4) is 0 Å². The average molecular weight is 369 g/mol. The highest BCUT2D eigenvalue weighted by atomic mass is 16.3. The fraction of sp³-hybridized carbons (Fsp3) is 0.550. The van der Waals surface area contributed by atoms with Crippen molar-refractivity contribution in [1.82, 2.24) is 14.9 Å². The molecular weight excluding hydrogens is 342 g/mol. The van der Waals surface area contributed by atoms with E-state index in [1.54, 1.807) is 6.33 Å². The Morgan fingerprint density at radius 2 is 1.52 bits per heavy atom. The van der Waals surface area contributed by atoms with Crippen LogP contribution in [0.1, 0.15) is 41.1 Å². The van der Waals surface area contributed by atoms with E-state index in [-0.39, 0.29) is 5.91 Å². The number of piperazine rings is 1. The first-order chi connectivity index (χ1) is 13.1. The Hall–Kier alpha value is -2.57. The summed E-state index contributed by atoms with van der Waals surface area (Å²) in [6, 6.07) is 3.92. The summed E-state index contributed by atoms with van der Waals surface area (Å²) in [5.41, 5.74) is 0.676. The van der Waals surface area contributed by atoms with Crippen LogP contribution in [-0.2, 0) is 0 Å². The van der Waals surface area contributed by atoms with Crippen LogP contribution in [-0.4, -0.2) is 60.0 Å². The van der Waals surface area contributed by atoms with Crippen LogP contribution in [0.2, 0.25) is 0 Å². The largest absolute Gasteiger partial charge is 0.466 e. The van der Waals surface area contributed by atoms with E-state index in [1.165, 1.54) is 19.3 Å². The fourth-order valence-corrected chi connectivity index (χ4v) is 3.96. The molecule has 0 N–H and O–H groups in total. The van der Waals surface area contributed by atoms with Crippen LogP contribution in [0, 0.1) is 13.8 Å². The van der Waals surface area contributed by atoms with Crippen molar-refractivity contribution in [2.24, 2.45) is 0 Å². The van der Waals surface area contributed by atoms with Gasteiger partial charge in [-0.3, -0.25) is 4.79 Å². The van der Waals surface area contributed by atoms with Gasteiger partial charge < -0.3 is 19.1 Å². The third kappa shape index (κ3) is 3.77.